The molecule has 192 valence electrons. The third-order valence-electron chi connectivity index (χ3n) is 6.42. The Labute approximate surface area is 198 Å². The minimum Gasteiger partial charge on any atom is -0.326 e. The molecular formula is C25H26F7NO2. The second kappa shape index (κ2) is 9.28. The Morgan fingerprint density at radius 1 is 0.743 bits per heavy atom. The monoisotopic (exact) mass is 505 g/mol. The average Bonchev–Trinajstić information content (AvgIpc) is 2.69. The molecule has 0 spiro atoms. The maximum absolute atomic E-state index is 14.5. The fourth-order valence-electron chi connectivity index (χ4n) is 4.33. The van der Waals surface area contributed by atoms with E-state index < -0.39 is 29.4 Å². The lowest BCUT2D eigenvalue weighted by Gasteiger charge is -2.31. The van der Waals surface area contributed by atoms with Crippen molar-refractivity contribution in [2.24, 2.45) is 0 Å². The van der Waals surface area contributed by atoms with Crippen LogP contribution in [0.2, 0.25) is 0 Å². The van der Waals surface area contributed by atoms with Crippen molar-refractivity contribution in [2.45, 2.75) is 72.9 Å². The molecule has 1 amide bonds. The van der Waals surface area contributed by atoms with Crippen molar-refractivity contribution in [2.75, 3.05) is 5.32 Å². The number of benzene rings is 2. The largest absolute Gasteiger partial charge is 0.435 e. The molecular weight excluding hydrogens is 479 g/mol. The van der Waals surface area contributed by atoms with Crippen LogP contribution in [-0.4, -0.2) is 24.0 Å². The zero-order valence-electron chi connectivity index (χ0n) is 20.3. The van der Waals surface area contributed by atoms with E-state index in [-0.39, 0.29) is 29.0 Å². The molecule has 3 nitrogen and oxygen atoms in total. The van der Waals surface area contributed by atoms with Crippen LogP contribution < -0.4 is 5.32 Å². The zero-order chi connectivity index (χ0) is 27.3. The molecule has 0 aliphatic rings. The third kappa shape index (κ3) is 4.92. The topological polar surface area (TPSA) is 46.2 Å². The second-order valence-electron chi connectivity index (χ2n) is 8.77. The van der Waals surface area contributed by atoms with Gasteiger partial charge in [0.05, 0.1) is 0 Å². The van der Waals surface area contributed by atoms with Crippen LogP contribution in [0.1, 0.15) is 61.8 Å². The fraction of sp³-hybridized carbons (Fsp3) is 0.440. The van der Waals surface area contributed by atoms with Crippen molar-refractivity contribution in [3.8, 4) is 0 Å². The lowest BCUT2D eigenvalue weighted by Crippen LogP contribution is -2.50. The molecule has 0 heterocycles. The van der Waals surface area contributed by atoms with Crippen LogP contribution in [0.5, 0.6) is 0 Å². The summed E-state index contributed by atoms with van der Waals surface area (Å²) in [6.45, 7) is 10.7. The van der Waals surface area contributed by atoms with Gasteiger partial charge in [-0.05, 0) is 80.5 Å². The van der Waals surface area contributed by atoms with Gasteiger partial charge in [0.15, 0.2) is 5.78 Å². The minimum atomic E-state index is -6.23. The molecule has 0 fully saturated rings. The van der Waals surface area contributed by atoms with E-state index in [1.54, 1.807) is 27.7 Å². The molecule has 0 aromatic heterocycles. The van der Waals surface area contributed by atoms with Gasteiger partial charge in [-0.3, -0.25) is 9.59 Å². The summed E-state index contributed by atoms with van der Waals surface area (Å²) in [6.07, 6.45) is -12.8. The summed E-state index contributed by atoms with van der Waals surface area (Å²) >= 11 is 0. The molecule has 0 unspecified atom stereocenters. The lowest BCUT2D eigenvalue weighted by atomic mass is 9.84. The predicted octanol–water partition coefficient (Wildman–Crippen LogP) is 7.21. The Hall–Kier alpha value is -2.91. The molecule has 2 aromatic carbocycles. The van der Waals surface area contributed by atoms with Crippen molar-refractivity contribution in [1.82, 2.24) is 0 Å². The first-order valence-corrected chi connectivity index (χ1v) is 10.6. The SMILES string of the molecule is CC(=O)Nc1c(C)c(C)c(C)c(C(=O)Cc2c(C)cc(C(F)(C(F)(F)F)C(F)(F)F)cc2C)c1C. The van der Waals surface area contributed by atoms with Crippen LogP contribution in [0.15, 0.2) is 12.1 Å². The first-order chi connectivity index (χ1) is 15.8. The first kappa shape index (κ1) is 28.3. The molecule has 1 N–H and O–H groups in total. The van der Waals surface area contributed by atoms with Crippen molar-refractivity contribution in [3.05, 3.63) is 62.2 Å². The molecule has 0 atom stereocenters. The van der Waals surface area contributed by atoms with Gasteiger partial charge in [-0.25, -0.2) is 4.39 Å². The normalized spacial score (nSPS) is 12.6. The van der Waals surface area contributed by atoms with Crippen molar-refractivity contribution in [1.29, 1.82) is 0 Å². The maximum atomic E-state index is 14.5. The molecule has 0 radical (unpaired) electrons. The number of amides is 1. The van der Waals surface area contributed by atoms with Crippen LogP contribution in [-0.2, 0) is 16.9 Å². The van der Waals surface area contributed by atoms with Crippen LogP contribution >= 0.6 is 0 Å². The van der Waals surface area contributed by atoms with E-state index in [2.05, 4.69) is 5.32 Å². The van der Waals surface area contributed by atoms with Crippen molar-refractivity contribution in [3.63, 3.8) is 0 Å². The number of Topliss-reactive ketones (excluding diaryl/α,β-unsaturated/α-hetero) is 1. The van der Waals surface area contributed by atoms with Gasteiger partial charge in [-0.15, -0.1) is 0 Å². The molecule has 2 aromatic rings. The number of hydrogen-bond donors (Lipinski definition) is 1. The number of aryl methyl sites for hydroxylation is 2. The highest BCUT2D eigenvalue weighted by molar-refractivity contribution is 6.03. The van der Waals surface area contributed by atoms with E-state index in [4.69, 9.17) is 0 Å². The van der Waals surface area contributed by atoms with Gasteiger partial charge >= 0.3 is 18.0 Å². The Kier molecular flexibility index (Phi) is 7.51. The van der Waals surface area contributed by atoms with E-state index in [1.807, 2.05) is 0 Å². The van der Waals surface area contributed by atoms with Crippen LogP contribution in [0.4, 0.5) is 36.4 Å². The van der Waals surface area contributed by atoms with Crippen molar-refractivity contribution < 1.29 is 40.3 Å². The van der Waals surface area contributed by atoms with Crippen molar-refractivity contribution >= 4 is 17.4 Å². The number of ketones is 1. The third-order valence-corrected chi connectivity index (χ3v) is 6.42. The summed E-state index contributed by atoms with van der Waals surface area (Å²) in [7, 11) is 0. The van der Waals surface area contributed by atoms with Gasteiger partial charge in [0.25, 0.3) is 0 Å². The minimum absolute atomic E-state index is 0.0786. The van der Waals surface area contributed by atoms with Gasteiger partial charge < -0.3 is 5.32 Å². The molecule has 35 heavy (non-hydrogen) atoms. The summed E-state index contributed by atoms with van der Waals surface area (Å²) in [5.41, 5.74) is -3.68. The number of nitrogens with one attached hydrogen (secondary N) is 1. The molecule has 0 saturated heterocycles. The summed E-state index contributed by atoms with van der Waals surface area (Å²) in [6, 6.07) is 0.971. The van der Waals surface area contributed by atoms with Gasteiger partial charge in [-0.2, -0.15) is 26.3 Å². The highest BCUT2D eigenvalue weighted by Gasteiger charge is 2.73. The fourth-order valence-corrected chi connectivity index (χ4v) is 4.33. The molecule has 0 aliphatic heterocycles. The second-order valence-corrected chi connectivity index (χ2v) is 8.77. The molecule has 0 saturated carbocycles. The number of carbonyl (C=O) groups excluding carboxylic acids is 2. The van der Waals surface area contributed by atoms with Gasteiger partial charge in [0.2, 0.25) is 5.91 Å². The zero-order valence-corrected chi connectivity index (χ0v) is 20.3. The summed E-state index contributed by atoms with van der Waals surface area (Å²) < 4.78 is 93.7. The number of anilines is 1. The van der Waals surface area contributed by atoms with Gasteiger partial charge in [0.1, 0.15) is 0 Å². The van der Waals surface area contributed by atoms with Gasteiger partial charge in [-0.1, -0.05) is 12.1 Å². The average molecular weight is 505 g/mol. The van der Waals surface area contributed by atoms with Crippen LogP contribution in [0.25, 0.3) is 0 Å². The highest BCUT2D eigenvalue weighted by atomic mass is 19.4. The Bertz CT molecular complexity index is 1160. The van der Waals surface area contributed by atoms with E-state index >= 15 is 0 Å². The number of hydrogen-bond acceptors (Lipinski definition) is 2. The Balaban J connectivity index is 2.62. The molecule has 0 bridgehead atoms. The number of rotatable bonds is 5. The quantitative estimate of drug-likeness (QED) is 0.345. The van der Waals surface area contributed by atoms with E-state index in [9.17, 15) is 40.3 Å². The number of carbonyl (C=O) groups is 2. The lowest BCUT2D eigenvalue weighted by molar-refractivity contribution is -0.348. The van der Waals surface area contributed by atoms with E-state index in [0.29, 0.717) is 34.5 Å². The van der Waals surface area contributed by atoms with Crippen LogP contribution in [0.3, 0.4) is 0 Å². The predicted molar refractivity (Wildman–Crippen MR) is 119 cm³/mol. The van der Waals surface area contributed by atoms with Gasteiger partial charge in [0, 0.05) is 30.2 Å². The smallest absolute Gasteiger partial charge is 0.326 e. The molecule has 10 heteroatoms. The first-order valence-electron chi connectivity index (χ1n) is 10.6. The summed E-state index contributed by atoms with van der Waals surface area (Å²) in [5, 5.41) is 2.70. The number of alkyl halides is 7. The standard InChI is InChI=1S/C25H26F7NO2/c1-11-8-18(23(26,24(27,28)29)25(30,31)32)9-12(2)19(11)10-20(35)21-14(4)13(3)15(5)22(16(21)6)33-17(7)34/h8-9H,10H2,1-7H3,(H,33,34). The molecule has 2 rings (SSSR count). The van der Waals surface area contributed by atoms with Crippen LogP contribution in [0, 0.1) is 41.5 Å². The Morgan fingerprint density at radius 2 is 1.20 bits per heavy atom. The number of halogens is 7. The summed E-state index contributed by atoms with van der Waals surface area (Å²) in [5.74, 6) is -0.782. The highest BCUT2D eigenvalue weighted by Crippen LogP contribution is 2.53. The Morgan fingerprint density at radius 3 is 1.60 bits per heavy atom. The maximum Gasteiger partial charge on any atom is 0.435 e. The van der Waals surface area contributed by atoms with E-state index in [1.165, 1.54) is 20.8 Å². The summed E-state index contributed by atoms with van der Waals surface area (Å²) in [4.78, 5) is 25.0. The molecule has 0 aliphatic carbocycles. The van der Waals surface area contributed by atoms with E-state index in [0.717, 1.165) is 11.1 Å².